The molecule has 3 aromatic carbocycles. The Labute approximate surface area is 175 Å². The Kier molecular flexibility index (Phi) is 5.41. The van der Waals surface area contributed by atoms with E-state index in [9.17, 15) is 18.0 Å². The third-order valence-electron chi connectivity index (χ3n) is 4.85. The van der Waals surface area contributed by atoms with Crippen LogP contribution in [0.4, 0.5) is 13.2 Å². The van der Waals surface area contributed by atoms with Crippen molar-refractivity contribution in [3.05, 3.63) is 77.6 Å². The first-order chi connectivity index (χ1) is 14.8. The van der Waals surface area contributed by atoms with Crippen LogP contribution in [-0.2, 0) is 19.6 Å². The zero-order valence-corrected chi connectivity index (χ0v) is 16.5. The summed E-state index contributed by atoms with van der Waals surface area (Å²) in [5, 5.41) is 16.2. The van der Waals surface area contributed by atoms with Gasteiger partial charge in [0, 0.05) is 18.5 Å². The van der Waals surface area contributed by atoms with Gasteiger partial charge >= 0.3 is 6.18 Å². The minimum Gasteiger partial charge on any atom is -0.352 e. The van der Waals surface area contributed by atoms with Crippen LogP contribution in [-0.4, -0.2) is 32.7 Å². The number of hydrogen-bond acceptors (Lipinski definition) is 4. The molecule has 31 heavy (non-hydrogen) atoms. The number of fused-ring (bicyclic) bond motifs is 1. The van der Waals surface area contributed by atoms with Crippen molar-refractivity contribution < 1.29 is 18.0 Å². The molecular weight excluding hydrogens is 407 g/mol. The Morgan fingerprint density at radius 3 is 2.52 bits per heavy atom. The van der Waals surface area contributed by atoms with E-state index in [4.69, 9.17) is 0 Å². The molecule has 0 aliphatic rings. The summed E-state index contributed by atoms with van der Waals surface area (Å²) in [6.45, 7) is 0.369. The Bertz CT molecular complexity index is 1230. The molecule has 0 fully saturated rings. The second-order valence-electron chi connectivity index (χ2n) is 7.02. The Balaban J connectivity index is 1.53. The topological polar surface area (TPSA) is 72.7 Å². The highest BCUT2D eigenvalue weighted by atomic mass is 19.4. The molecule has 1 amide bonds. The fourth-order valence-electron chi connectivity index (χ4n) is 3.33. The van der Waals surface area contributed by atoms with Gasteiger partial charge in [-0.1, -0.05) is 36.4 Å². The van der Waals surface area contributed by atoms with Crippen LogP contribution in [0.3, 0.4) is 0 Å². The molecule has 0 aliphatic carbocycles. The number of aromatic nitrogens is 4. The zero-order valence-electron chi connectivity index (χ0n) is 16.5. The summed E-state index contributed by atoms with van der Waals surface area (Å²) in [4.78, 5) is 13.8. The molecule has 1 N–H and O–H groups in total. The van der Waals surface area contributed by atoms with E-state index in [0.717, 1.165) is 28.5 Å². The van der Waals surface area contributed by atoms with Gasteiger partial charge in [-0.3, -0.25) is 4.79 Å². The van der Waals surface area contributed by atoms with Crippen molar-refractivity contribution in [1.82, 2.24) is 25.5 Å². The van der Waals surface area contributed by atoms with Crippen LogP contribution in [0.1, 0.15) is 21.7 Å². The molecule has 0 saturated carbocycles. The quantitative estimate of drug-likeness (QED) is 0.524. The van der Waals surface area contributed by atoms with Crippen LogP contribution in [0.2, 0.25) is 0 Å². The SMILES string of the molecule is Cn1nnc(CCNC(=O)c2ccc3c(-c4ccc(C(F)(F)F)cc4)cccc3c2)n1. The monoisotopic (exact) mass is 425 g/mol. The van der Waals surface area contributed by atoms with Crippen molar-refractivity contribution in [3.63, 3.8) is 0 Å². The van der Waals surface area contributed by atoms with Crippen LogP contribution in [0.25, 0.3) is 21.9 Å². The van der Waals surface area contributed by atoms with Gasteiger partial charge in [-0.25, -0.2) is 0 Å². The van der Waals surface area contributed by atoms with E-state index < -0.39 is 11.7 Å². The summed E-state index contributed by atoms with van der Waals surface area (Å²) < 4.78 is 38.5. The van der Waals surface area contributed by atoms with Gasteiger partial charge in [0.1, 0.15) is 0 Å². The molecule has 1 heterocycles. The number of carbonyl (C=O) groups excluding carboxylic acids is 1. The van der Waals surface area contributed by atoms with Crippen LogP contribution >= 0.6 is 0 Å². The standard InChI is InChI=1S/C22H18F3N5O/c1-30-28-20(27-29-30)11-12-26-21(31)16-7-10-19-15(13-16)3-2-4-18(19)14-5-8-17(9-6-14)22(23,24)25/h2-10,13H,11-12H2,1H3,(H,26,31). The van der Waals surface area contributed by atoms with Crippen LogP contribution in [0, 0.1) is 0 Å². The van der Waals surface area contributed by atoms with E-state index in [1.54, 1.807) is 19.2 Å². The number of amides is 1. The van der Waals surface area contributed by atoms with Crippen LogP contribution < -0.4 is 5.32 Å². The average Bonchev–Trinajstić information content (AvgIpc) is 3.17. The molecule has 6 nitrogen and oxygen atoms in total. The first-order valence-corrected chi connectivity index (χ1v) is 9.53. The summed E-state index contributed by atoms with van der Waals surface area (Å²) in [5.41, 5.74) is 1.27. The summed E-state index contributed by atoms with van der Waals surface area (Å²) in [6.07, 6.45) is -3.91. The predicted molar refractivity (Wildman–Crippen MR) is 109 cm³/mol. The highest BCUT2D eigenvalue weighted by Gasteiger charge is 2.30. The number of tetrazole rings is 1. The van der Waals surface area contributed by atoms with Gasteiger partial charge in [-0.15, -0.1) is 10.2 Å². The lowest BCUT2D eigenvalue weighted by molar-refractivity contribution is -0.137. The number of aryl methyl sites for hydroxylation is 1. The minimum absolute atomic E-state index is 0.231. The first-order valence-electron chi connectivity index (χ1n) is 9.53. The molecule has 4 rings (SSSR count). The molecular formula is C22H18F3N5O. The molecule has 0 aliphatic heterocycles. The zero-order chi connectivity index (χ0) is 22.0. The van der Waals surface area contributed by atoms with E-state index in [-0.39, 0.29) is 5.91 Å². The number of alkyl halides is 3. The fraction of sp³-hybridized carbons (Fsp3) is 0.182. The maximum Gasteiger partial charge on any atom is 0.416 e. The lowest BCUT2D eigenvalue weighted by atomic mass is 9.96. The molecule has 1 aromatic heterocycles. The smallest absolute Gasteiger partial charge is 0.352 e. The van der Waals surface area contributed by atoms with Gasteiger partial charge in [-0.2, -0.15) is 18.0 Å². The molecule has 0 unspecified atom stereocenters. The maximum absolute atomic E-state index is 12.8. The fourth-order valence-corrected chi connectivity index (χ4v) is 3.33. The van der Waals surface area contributed by atoms with Crippen LogP contribution in [0.5, 0.6) is 0 Å². The van der Waals surface area contributed by atoms with E-state index in [1.807, 2.05) is 24.3 Å². The second kappa shape index (κ2) is 8.17. The van der Waals surface area contributed by atoms with Crippen molar-refractivity contribution in [3.8, 4) is 11.1 Å². The largest absolute Gasteiger partial charge is 0.416 e. The third-order valence-corrected chi connectivity index (χ3v) is 4.85. The first kappa shape index (κ1) is 20.5. The Morgan fingerprint density at radius 2 is 1.84 bits per heavy atom. The number of benzene rings is 3. The highest BCUT2D eigenvalue weighted by molar-refractivity contribution is 6.02. The molecule has 0 spiro atoms. The van der Waals surface area contributed by atoms with E-state index in [2.05, 4.69) is 20.7 Å². The third kappa shape index (κ3) is 4.55. The van der Waals surface area contributed by atoms with Crippen molar-refractivity contribution >= 4 is 16.7 Å². The van der Waals surface area contributed by atoms with E-state index in [1.165, 1.54) is 16.9 Å². The lowest BCUT2D eigenvalue weighted by Gasteiger charge is -2.11. The van der Waals surface area contributed by atoms with E-state index >= 15 is 0 Å². The van der Waals surface area contributed by atoms with Crippen LogP contribution in [0.15, 0.2) is 60.7 Å². The predicted octanol–water partition coefficient (Wildman–Crippen LogP) is 4.02. The number of halogens is 3. The molecule has 0 atom stereocenters. The van der Waals surface area contributed by atoms with Gasteiger partial charge in [0.05, 0.1) is 12.6 Å². The average molecular weight is 425 g/mol. The number of nitrogens with zero attached hydrogens (tertiary/aromatic N) is 4. The lowest BCUT2D eigenvalue weighted by Crippen LogP contribution is -2.26. The van der Waals surface area contributed by atoms with E-state index in [0.29, 0.717) is 29.9 Å². The summed E-state index contributed by atoms with van der Waals surface area (Å²) in [6, 6.07) is 15.9. The van der Waals surface area contributed by atoms with Gasteiger partial charge in [0.15, 0.2) is 5.82 Å². The number of rotatable bonds is 5. The van der Waals surface area contributed by atoms with Gasteiger partial charge in [0.25, 0.3) is 5.91 Å². The van der Waals surface area contributed by atoms with Crippen molar-refractivity contribution in [2.45, 2.75) is 12.6 Å². The Hall–Kier alpha value is -3.75. The molecule has 4 aromatic rings. The second-order valence-corrected chi connectivity index (χ2v) is 7.02. The number of hydrogen-bond donors (Lipinski definition) is 1. The van der Waals surface area contributed by atoms with Gasteiger partial charge in [-0.05, 0) is 51.4 Å². The highest BCUT2D eigenvalue weighted by Crippen LogP contribution is 2.33. The molecule has 0 saturated heterocycles. The van der Waals surface area contributed by atoms with Crippen molar-refractivity contribution in [2.24, 2.45) is 7.05 Å². The molecule has 158 valence electrons. The minimum atomic E-state index is -4.37. The number of carbonyl (C=O) groups is 1. The molecule has 9 heteroatoms. The Morgan fingerprint density at radius 1 is 1.06 bits per heavy atom. The maximum atomic E-state index is 12.8. The van der Waals surface area contributed by atoms with Crippen molar-refractivity contribution in [2.75, 3.05) is 6.54 Å². The molecule has 0 radical (unpaired) electrons. The van der Waals surface area contributed by atoms with Crippen molar-refractivity contribution in [1.29, 1.82) is 0 Å². The molecule has 0 bridgehead atoms. The van der Waals surface area contributed by atoms with Gasteiger partial charge in [0.2, 0.25) is 0 Å². The summed E-state index contributed by atoms with van der Waals surface area (Å²) >= 11 is 0. The summed E-state index contributed by atoms with van der Waals surface area (Å²) in [5.74, 6) is 0.313. The summed E-state index contributed by atoms with van der Waals surface area (Å²) in [7, 11) is 1.67. The normalized spacial score (nSPS) is 11.6. The number of nitrogens with one attached hydrogen (secondary N) is 1. The van der Waals surface area contributed by atoms with Gasteiger partial charge < -0.3 is 5.32 Å².